The third-order valence-electron chi connectivity index (χ3n) is 5.00. The largest absolute Gasteiger partial charge is 0.508 e. The SMILES string of the molecule is CCCC(c1ccc(O)cc1)(C(C)(C)C)C(C)(C)C(=O)OO[SiH3]. The lowest BCUT2D eigenvalue weighted by molar-refractivity contribution is -0.229. The van der Waals surface area contributed by atoms with Crippen LogP contribution >= 0.6 is 0 Å². The van der Waals surface area contributed by atoms with Crippen molar-refractivity contribution in [1.29, 1.82) is 0 Å². The zero-order valence-electron chi connectivity index (χ0n) is 15.4. The maximum Gasteiger partial charge on any atom is 0.347 e. The molecule has 0 saturated heterocycles. The minimum atomic E-state index is -0.789. The van der Waals surface area contributed by atoms with Gasteiger partial charge >= 0.3 is 5.97 Å². The number of hydrogen-bond acceptors (Lipinski definition) is 4. The number of rotatable bonds is 6. The first-order valence-electron chi connectivity index (χ1n) is 8.09. The van der Waals surface area contributed by atoms with Crippen molar-refractivity contribution in [3.8, 4) is 5.75 Å². The molecule has 0 aliphatic rings. The minimum absolute atomic E-state index is 0.201. The number of benzene rings is 1. The van der Waals surface area contributed by atoms with Crippen molar-refractivity contribution < 1.29 is 19.4 Å². The molecule has 4 nitrogen and oxygen atoms in total. The lowest BCUT2D eigenvalue weighted by Crippen LogP contribution is -2.55. The van der Waals surface area contributed by atoms with E-state index in [-0.39, 0.29) is 17.1 Å². The molecule has 23 heavy (non-hydrogen) atoms. The van der Waals surface area contributed by atoms with E-state index >= 15 is 0 Å². The number of carbonyl (C=O) groups is 1. The van der Waals surface area contributed by atoms with Crippen LogP contribution in [0.5, 0.6) is 5.75 Å². The number of aromatic hydroxyl groups is 1. The van der Waals surface area contributed by atoms with Crippen molar-refractivity contribution in [2.75, 3.05) is 0 Å². The maximum atomic E-state index is 12.7. The summed E-state index contributed by atoms with van der Waals surface area (Å²) in [6.45, 7) is 12.4. The Labute approximate surface area is 142 Å². The van der Waals surface area contributed by atoms with Gasteiger partial charge in [0.25, 0.3) is 0 Å². The second-order valence-electron chi connectivity index (χ2n) is 7.61. The highest BCUT2D eigenvalue weighted by Crippen LogP contribution is 2.56. The summed E-state index contributed by atoms with van der Waals surface area (Å²) in [5, 5.41) is 9.64. The fourth-order valence-corrected chi connectivity index (χ4v) is 4.19. The summed E-state index contributed by atoms with van der Waals surface area (Å²) in [6, 6.07) is 7.17. The Balaban J connectivity index is 3.64. The van der Waals surface area contributed by atoms with Crippen LogP contribution in [0.1, 0.15) is 59.9 Å². The topological polar surface area (TPSA) is 55.8 Å². The van der Waals surface area contributed by atoms with Crippen LogP contribution in [-0.2, 0) is 19.7 Å². The Hall–Kier alpha value is -1.33. The molecule has 1 atom stereocenters. The average Bonchev–Trinajstić information content (AvgIpc) is 2.44. The van der Waals surface area contributed by atoms with Crippen molar-refractivity contribution in [2.45, 2.75) is 59.8 Å². The van der Waals surface area contributed by atoms with Crippen molar-refractivity contribution in [1.82, 2.24) is 0 Å². The van der Waals surface area contributed by atoms with Crippen molar-refractivity contribution in [3.63, 3.8) is 0 Å². The average molecular weight is 339 g/mol. The van der Waals surface area contributed by atoms with Gasteiger partial charge in [0.05, 0.1) is 5.41 Å². The molecule has 1 aromatic rings. The number of phenols is 1. The second-order valence-corrected chi connectivity index (χ2v) is 7.95. The summed E-state index contributed by atoms with van der Waals surface area (Å²) in [5.74, 6) is -0.139. The molecule has 1 aromatic carbocycles. The molecule has 1 rings (SSSR count). The summed E-state index contributed by atoms with van der Waals surface area (Å²) in [5.41, 5.74) is -0.421. The van der Waals surface area contributed by atoms with Gasteiger partial charge in [0.1, 0.15) is 5.75 Å². The maximum absolute atomic E-state index is 12.7. The molecule has 1 N–H and O–H groups in total. The summed E-state index contributed by atoms with van der Waals surface area (Å²) in [4.78, 5) is 17.7. The molecule has 5 heteroatoms. The van der Waals surface area contributed by atoms with E-state index in [1.165, 1.54) is 0 Å². The highest BCUT2D eigenvalue weighted by Gasteiger charge is 2.57. The molecule has 0 aromatic heterocycles. The van der Waals surface area contributed by atoms with Crippen LogP contribution in [0.15, 0.2) is 24.3 Å². The first-order valence-corrected chi connectivity index (χ1v) is 8.91. The molecule has 130 valence electrons. The van der Waals surface area contributed by atoms with Crippen LogP contribution in [0.3, 0.4) is 0 Å². The highest BCUT2D eigenvalue weighted by molar-refractivity contribution is 5.98. The summed E-state index contributed by atoms with van der Waals surface area (Å²) >= 11 is 0. The Morgan fingerprint density at radius 2 is 1.65 bits per heavy atom. The molecule has 0 fully saturated rings. The van der Waals surface area contributed by atoms with E-state index < -0.39 is 10.8 Å². The lowest BCUT2D eigenvalue weighted by Gasteiger charge is -2.54. The lowest BCUT2D eigenvalue weighted by atomic mass is 9.49. The van der Waals surface area contributed by atoms with Crippen LogP contribution in [0.25, 0.3) is 0 Å². The minimum Gasteiger partial charge on any atom is -0.508 e. The van der Waals surface area contributed by atoms with Gasteiger partial charge in [-0.25, -0.2) is 4.79 Å². The van der Waals surface area contributed by atoms with Crippen LogP contribution in [0.4, 0.5) is 0 Å². The first-order chi connectivity index (χ1) is 10.5. The fourth-order valence-electron chi connectivity index (χ4n) is 4.04. The van der Waals surface area contributed by atoms with Crippen LogP contribution in [-0.4, -0.2) is 21.6 Å². The number of phenolic OH excluding ortho intramolecular Hbond substituents is 1. The zero-order valence-corrected chi connectivity index (χ0v) is 17.4. The Bertz CT molecular complexity index is 531. The van der Waals surface area contributed by atoms with E-state index in [1.807, 2.05) is 26.0 Å². The van der Waals surface area contributed by atoms with E-state index in [4.69, 9.17) is 9.46 Å². The Kier molecular flexibility index (Phi) is 6.04. The smallest absolute Gasteiger partial charge is 0.347 e. The van der Waals surface area contributed by atoms with Crippen LogP contribution in [0, 0.1) is 10.8 Å². The van der Waals surface area contributed by atoms with Gasteiger partial charge in [-0.15, -0.1) is 0 Å². The van der Waals surface area contributed by atoms with Crippen LogP contribution in [0.2, 0.25) is 0 Å². The number of carbonyl (C=O) groups excluding carboxylic acids is 1. The monoisotopic (exact) mass is 338 g/mol. The molecule has 0 spiro atoms. The standard InChI is InChI=1S/C18H30O4Si/c1-7-12-18(16(2,3)4,13-8-10-14(19)11-9-13)17(5,6)15(20)21-22-23/h8-11,19H,7,12H2,1-6,23H3. The molecule has 0 heterocycles. The van der Waals surface area contributed by atoms with Gasteiger partial charge in [-0.3, -0.25) is 4.58 Å². The summed E-state index contributed by atoms with van der Waals surface area (Å²) in [6.07, 6.45) is 1.75. The van der Waals surface area contributed by atoms with Gasteiger partial charge in [0.2, 0.25) is 10.5 Å². The first kappa shape index (κ1) is 19.7. The van der Waals surface area contributed by atoms with Crippen molar-refractivity contribution in [2.24, 2.45) is 10.8 Å². The Morgan fingerprint density at radius 1 is 1.13 bits per heavy atom. The highest BCUT2D eigenvalue weighted by atomic mass is 28.2. The van der Waals surface area contributed by atoms with Gasteiger partial charge in [-0.1, -0.05) is 46.2 Å². The third-order valence-corrected chi connectivity index (χ3v) is 5.17. The molecular formula is C18H30O4Si. The van der Waals surface area contributed by atoms with E-state index in [2.05, 4.69) is 27.7 Å². The van der Waals surface area contributed by atoms with E-state index in [0.717, 1.165) is 18.4 Å². The molecule has 0 aliphatic carbocycles. The molecule has 0 saturated carbocycles. The predicted octanol–water partition coefficient (Wildman–Crippen LogP) is 3.26. The quantitative estimate of drug-likeness (QED) is 0.491. The van der Waals surface area contributed by atoms with Gasteiger partial charge in [0, 0.05) is 5.41 Å². The molecule has 0 amide bonds. The molecule has 1 unspecified atom stereocenters. The van der Waals surface area contributed by atoms with Crippen LogP contribution < -0.4 is 0 Å². The van der Waals surface area contributed by atoms with Gasteiger partial charge in [-0.05, 0) is 43.4 Å². The van der Waals surface area contributed by atoms with Crippen molar-refractivity contribution >= 4 is 16.5 Å². The van der Waals surface area contributed by atoms with Gasteiger partial charge in [-0.2, -0.15) is 0 Å². The molecule has 0 radical (unpaired) electrons. The second kappa shape index (κ2) is 7.05. The van der Waals surface area contributed by atoms with Gasteiger partial charge < -0.3 is 9.99 Å². The zero-order chi connectivity index (χ0) is 17.9. The fraction of sp³-hybridized carbons (Fsp3) is 0.611. The van der Waals surface area contributed by atoms with E-state index in [1.54, 1.807) is 12.1 Å². The summed E-state index contributed by atoms with van der Waals surface area (Å²) in [7, 11) is 0.342. The van der Waals surface area contributed by atoms with Gasteiger partial charge in [0.15, 0.2) is 0 Å². The van der Waals surface area contributed by atoms with Crippen molar-refractivity contribution in [3.05, 3.63) is 29.8 Å². The summed E-state index contributed by atoms with van der Waals surface area (Å²) < 4.78 is 4.78. The Morgan fingerprint density at radius 3 is 2.04 bits per heavy atom. The normalized spacial score (nSPS) is 15.2. The molecular weight excluding hydrogens is 308 g/mol. The number of hydrogen-bond donors (Lipinski definition) is 1. The predicted molar refractivity (Wildman–Crippen MR) is 95.0 cm³/mol. The molecule has 0 aliphatic heterocycles. The van der Waals surface area contributed by atoms with E-state index in [9.17, 15) is 9.90 Å². The van der Waals surface area contributed by atoms with E-state index in [0.29, 0.717) is 10.5 Å². The third kappa shape index (κ3) is 3.45. The molecule has 0 bridgehead atoms.